The molecule has 0 spiro atoms. The zero-order valence-electron chi connectivity index (χ0n) is 8.23. The Morgan fingerprint density at radius 2 is 2.13 bits per heavy atom. The number of oxazole rings is 1. The minimum absolute atomic E-state index is 0.829. The monoisotopic (exact) mass is 199 g/mol. The Kier molecular flexibility index (Phi) is 1.65. The highest BCUT2D eigenvalue weighted by molar-refractivity contribution is 6.03. The van der Waals surface area contributed by atoms with Crippen LogP contribution in [0, 0.1) is 0 Å². The summed E-state index contributed by atoms with van der Waals surface area (Å²) in [5.74, 6) is 0.848. The first-order valence-corrected chi connectivity index (χ1v) is 4.68. The zero-order chi connectivity index (χ0) is 10.3. The van der Waals surface area contributed by atoms with Crippen molar-refractivity contribution in [1.29, 1.82) is 0 Å². The van der Waals surface area contributed by atoms with E-state index in [-0.39, 0.29) is 0 Å². The van der Waals surface area contributed by atoms with Crippen molar-refractivity contribution >= 4 is 21.9 Å². The van der Waals surface area contributed by atoms with Gasteiger partial charge in [0, 0.05) is 5.39 Å². The molecule has 2 aromatic carbocycles. The number of rotatable bonds is 1. The molecule has 3 nitrogen and oxygen atoms in total. The molecule has 3 heteroatoms. The predicted octanol–water partition coefficient (Wildman–Crippen LogP) is 2.99. The third kappa shape index (κ3) is 1.16. The molecule has 0 aliphatic carbocycles. The molecule has 3 rings (SSSR count). The van der Waals surface area contributed by atoms with Crippen molar-refractivity contribution in [1.82, 2.24) is 4.98 Å². The summed E-state index contributed by atoms with van der Waals surface area (Å²) in [7, 11) is 1.66. The van der Waals surface area contributed by atoms with Crippen molar-refractivity contribution in [3.05, 3.63) is 36.7 Å². The number of methoxy groups -OCH3 is 1. The molecule has 1 heterocycles. The van der Waals surface area contributed by atoms with Gasteiger partial charge in [-0.05, 0) is 29.7 Å². The van der Waals surface area contributed by atoms with Crippen molar-refractivity contribution in [3.63, 3.8) is 0 Å². The maximum absolute atomic E-state index is 5.35. The lowest BCUT2D eigenvalue weighted by Gasteiger charge is -2.01. The summed E-state index contributed by atoms with van der Waals surface area (Å²) >= 11 is 0. The fourth-order valence-corrected chi connectivity index (χ4v) is 1.76. The molecule has 0 saturated carbocycles. The Balaban J connectivity index is 2.44. The molecular formula is C12H9NO2. The van der Waals surface area contributed by atoms with Crippen LogP contribution < -0.4 is 4.74 Å². The first kappa shape index (κ1) is 8.29. The Bertz CT molecular complexity index is 628. The van der Waals surface area contributed by atoms with Crippen LogP contribution in [0.15, 0.2) is 41.1 Å². The predicted molar refractivity (Wildman–Crippen MR) is 58.1 cm³/mol. The van der Waals surface area contributed by atoms with E-state index >= 15 is 0 Å². The van der Waals surface area contributed by atoms with E-state index in [0.29, 0.717) is 0 Å². The minimum atomic E-state index is 0.829. The molecule has 0 aliphatic rings. The number of ether oxygens (including phenoxy) is 1. The second-order valence-electron chi connectivity index (χ2n) is 3.35. The highest BCUT2D eigenvalue weighted by Gasteiger charge is 2.04. The maximum Gasteiger partial charge on any atom is 0.182 e. The third-order valence-corrected chi connectivity index (χ3v) is 2.52. The summed E-state index contributed by atoms with van der Waals surface area (Å²) in [5.41, 5.74) is 1.71. The standard InChI is InChI=1S/C12H9NO2/c1-14-9-3-4-10-8(6-9)2-5-11-12(10)15-7-13-11/h2-7H,1H3. The highest BCUT2D eigenvalue weighted by atomic mass is 16.5. The number of nitrogens with zero attached hydrogens (tertiary/aromatic N) is 1. The second-order valence-corrected chi connectivity index (χ2v) is 3.35. The average Bonchev–Trinajstić information content (AvgIpc) is 2.76. The summed E-state index contributed by atoms with van der Waals surface area (Å²) in [6, 6.07) is 9.85. The zero-order valence-corrected chi connectivity index (χ0v) is 8.23. The summed E-state index contributed by atoms with van der Waals surface area (Å²) in [5, 5.41) is 2.16. The fraction of sp³-hybridized carbons (Fsp3) is 0.0833. The summed E-state index contributed by atoms with van der Waals surface area (Å²) in [4.78, 5) is 4.11. The van der Waals surface area contributed by atoms with Gasteiger partial charge in [-0.15, -0.1) is 0 Å². The van der Waals surface area contributed by atoms with Crippen molar-refractivity contribution in [2.45, 2.75) is 0 Å². The van der Waals surface area contributed by atoms with Crippen LogP contribution in [0.4, 0.5) is 0 Å². The van der Waals surface area contributed by atoms with Gasteiger partial charge in [-0.2, -0.15) is 0 Å². The van der Waals surface area contributed by atoms with E-state index in [9.17, 15) is 0 Å². The van der Waals surface area contributed by atoms with Crippen LogP contribution >= 0.6 is 0 Å². The van der Waals surface area contributed by atoms with Gasteiger partial charge in [0.1, 0.15) is 11.3 Å². The van der Waals surface area contributed by atoms with E-state index in [2.05, 4.69) is 4.98 Å². The molecular weight excluding hydrogens is 190 g/mol. The number of benzene rings is 2. The van der Waals surface area contributed by atoms with Gasteiger partial charge in [0.15, 0.2) is 12.0 Å². The minimum Gasteiger partial charge on any atom is -0.497 e. The molecule has 0 atom stereocenters. The number of hydrogen-bond donors (Lipinski definition) is 0. The molecule has 0 radical (unpaired) electrons. The molecule has 0 fully saturated rings. The van der Waals surface area contributed by atoms with Crippen LogP contribution in [-0.4, -0.2) is 12.1 Å². The number of aromatic nitrogens is 1. The van der Waals surface area contributed by atoms with Crippen molar-refractivity contribution in [3.8, 4) is 5.75 Å². The van der Waals surface area contributed by atoms with Gasteiger partial charge in [-0.1, -0.05) is 6.07 Å². The topological polar surface area (TPSA) is 35.3 Å². The molecule has 0 saturated heterocycles. The van der Waals surface area contributed by atoms with Crippen molar-refractivity contribution in [2.75, 3.05) is 7.11 Å². The normalized spacial score (nSPS) is 11.0. The average molecular weight is 199 g/mol. The largest absolute Gasteiger partial charge is 0.497 e. The van der Waals surface area contributed by atoms with Crippen LogP contribution in [0.3, 0.4) is 0 Å². The van der Waals surface area contributed by atoms with E-state index in [1.54, 1.807) is 7.11 Å². The van der Waals surface area contributed by atoms with Crippen LogP contribution in [0.5, 0.6) is 5.75 Å². The third-order valence-electron chi connectivity index (χ3n) is 2.52. The van der Waals surface area contributed by atoms with E-state index in [4.69, 9.17) is 9.15 Å². The molecule has 3 aromatic rings. The van der Waals surface area contributed by atoms with Gasteiger partial charge in [0.25, 0.3) is 0 Å². The van der Waals surface area contributed by atoms with Gasteiger partial charge in [-0.25, -0.2) is 4.98 Å². The molecule has 0 N–H and O–H groups in total. The van der Waals surface area contributed by atoms with Gasteiger partial charge >= 0.3 is 0 Å². The fourth-order valence-electron chi connectivity index (χ4n) is 1.76. The molecule has 0 unspecified atom stereocenters. The molecule has 0 amide bonds. The Hall–Kier alpha value is -2.03. The van der Waals surface area contributed by atoms with Crippen LogP contribution in [0.1, 0.15) is 0 Å². The van der Waals surface area contributed by atoms with E-state index < -0.39 is 0 Å². The van der Waals surface area contributed by atoms with Crippen LogP contribution in [-0.2, 0) is 0 Å². The van der Waals surface area contributed by atoms with Gasteiger partial charge in [0.05, 0.1) is 7.11 Å². The number of hydrogen-bond acceptors (Lipinski definition) is 3. The van der Waals surface area contributed by atoms with Gasteiger partial charge in [0.2, 0.25) is 0 Å². The Morgan fingerprint density at radius 3 is 3.00 bits per heavy atom. The summed E-state index contributed by atoms with van der Waals surface area (Å²) < 4.78 is 10.5. The second kappa shape index (κ2) is 2.98. The number of fused-ring (bicyclic) bond motifs is 3. The van der Waals surface area contributed by atoms with E-state index in [1.807, 2.05) is 30.3 Å². The molecule has 15 heavy (non-hydrogen) atoms. The first-order chi connectivity index (χ1) is 7.38. The van der Waals surface area contributed by atoms with Crippen molar-refractivity contribution in [2.24, 2.45) is 0 Å². The first-order valence-electron chi connectivity index (χ1n) is 4.68. The molecule has 1 aromatic heterocycles. The lowest BCUT2D eigenvalue weighted by atomic mass is 10.1. The lowest BCUT2D eigenvalue weighted by molar-refractivity contribution is 0.415. The van der Waals surface area contributed by atoms with Gasteiger partial charge < -0.3 is 9.15 Å². The summed E-state index contributed by atoms with van der Waals surface area (Å²) in [6.07, 6.45) is 1.47. The maximum atomic E-state index is 5.35. The van der Waals surface area contributed by atoms with Crippen molar-refractivity contribution < 1.29 is 9.15 Å². The molecule has 0 bridgehead atoms. The molecule has 74 valence electrons. The van der Waals surface area contributed by atoms with Crippen LogP contribution in [0.25, 0.3) is 21.9 Å². The lowest BCUT2D eigenvalue weighted by Crippen LogP contribution is -1.82. The van der Waals surface area contributed by atoms with E-state index in [1.165, 1.54) is 6.39 Å². The highest BCUT2D eigenvalue weighted by Crippen LogP contribution is 2.27. The quantitative estimate of drug-likeness (QED) is 0.604. The summed E-state index contributed by atoms with van der Waals surface area (Å²) in [6.45, 7) is 0. The SMILES string of the molecule is COc1ccc2c(ccc3ncoc32)c1. The Labute approximate surface area is 86.3 Å². The van der Waals surface area contributed by atoms with Gasteiger partial charge in [-0.3, -0.25) is 0 Å². The van der Waals surface area contributed by atoms with E-state index in [0.717, 1.165) is 27.6 Å². The van der Waals surface area contributed by atoms with Crippen LogP contribution in [0.2, 0.25) is 0 Å². The molecule has 0 aliphatic heterocycles. The smallest absolute Gasteiger partial charge is 0.182 e. The Morgan fingerprint density at radius 1 is 1.20 bits per heavy atom.